The summed E-state index contributed by atoms with van der Waals surface area (Å²) in [6.45, 7) is 7.18. The summed E-state index contributed by atoms with van der Waals surface area (Å²) >= 11 is 0. The van der Waals surface area contributed by atoms with Gasteiger partial charge >= 0.3 is 6.09 Å². The second kappa shape index (κ2) is 7.20. The highest BCUT2D eigenvalue weighted by molar-refractivity contribution is 5.80. The molecule has 18 heavy (non-hydrogen) atoms. The van der Waals surface area contributed by atoms with Gasteiger partial charge in [0.05, 0.1) is 6.04 Å². The van der Waals surface area contributed by atoms with E-state index in [9.17, 15) is 14.7 Å². The summed E-state index contributed by atoms with van der Waals surface area (Å²) < 4.78 is 5.06. The predicted octanol–water partition coefficient (Wildman–Crippen LogP) is 0.916. The average molecular weight is 260 g/mol. The average Bonchev–Trinajstić information content (AvgIpc) is 2.20. The number of hydrogen-bond acceptors (Lipinski definition) is 4. The standard InChI is InChI=1S/C12H24N2O4/c1-5-6-7-8(9(15)10(13)16)14-11(17)18-12(2,3)4/h8-9,15H,5-7H2,1-4H3,(H2,13,16)(H,14,17). The molecule has 4 N–H and O–H groups in total. The van der Waals surface area contributed by atoms with Gasteiger partial charge in [0.25, 0.3) is 0 Å². The molecule has 0 spiro atoms. The van der Waals surface area contributed by atoms with E-state index in [4.69, 9.17) is 10.5 Å². The molecular formula is C12H24N2O4. The van der Waals surface area contributed by atoms with Crippen molar-refractivity contribution in [3.05, 3.63) is 0 Å². The van der Waals surface area contributed by atoms with Gasteiger partial charge in [-0.25, -0.2) is 4.79 Å². The predicted molar refractivity (Wildman–Crippen MR) is 67.9 cm³/mol. The molecule has 0 aromatic rings. The molecule has 2 atom stereocenters. The maximum atomic E-state index is 11.6. The summed E-state index contributed by atoms with van der Waals surface area (Å²) in [7, 11) is 0. The molecule has 0 bridgehead atoms. The molecule has 0 aliphatic heterocycles. The highest BCUT2D eigenvalue weighted by atomic mass is 16.6. The molecule has 0 aliphatic rings. The van der Waals surface area contributed by atoms with Crippen LogP contribution < -0.4 is 11.1 Å². The fraction of sp³-hybridized carbons (Fsp3) is 0.833. The van der Waals surface area contributed by atoms with Crippen LogP contribution in [0.5, 0.6) is 0 Å². The fourth-order valence-corrected chi connectivity index (χ4v) is 1.39. The van der Waals surface area contributed by atoms with Crippen molar-refractivity contribution in [3.63, 3.8) is 0 Å². The largest absolute Gasteiger partial charge is 0.444 e. The van der Waals surface area contributed by atoms with E-state index < -0.39 is 29.7 Å². The van der Waals surface area contributed by atoms with Crippen LogP contribution in [-0.4, -0.2) is 34.9 Å². The van der Waals surface area contributed by atoms with Crippen molar-refractivity contribution in [1.82, 2.24) is 5.32 Å². The first kappa shape index (κ1) is 16.7. The summed E-state index contributed by atoms with van der Waals surface area (Å²) in [6.07, 6.45) is 0.0656. The zero-order valence-electron chi connectivity index (χ0n) is 11.5. The molecule has 6 heteroatoms. The van der Waals surface area contributed by atoms with E-state index in [1.165, 1.54) is 0 Å². The first-order valence-electron chi connectivity index (χ1n) is 6.14. The van der Waals surface area contributed by atoms with Crippen molar-refractivity contribution in [1.29, 1.82) is 0 Å². The Morgan fingerprint density at radius 3 is 2.33 bits per heavy atom. The molecule has 0 fully saturated rings. The van der Waals surface area contributed by atoms with Gasteiger partial charge in [0.1, 0.15) is 5.60 Å². The zero-order valence-corrected chi connectivity index (χ0v) is 11.5. The monoisotopic (exact) mass is 260 g/mol. The van der Waals surface area contributed by atoms with Crippen molar-refractivity contribution in [2.75, 3.05) is 0 Å². The van der Waals surface area contributed by atoms with Crippen LogP contribution in [0.1, 0.15) is 47.0 Å². The first-order valence-corrected chi connectivity index (χ1v) is 6.14. The van der Waals surface area contributed by atoms with E-state index in [0.717, 1.165) is 12.8 Å². The van der Waals surface area contributed by atoms with Crippen molar-refractivity contribution < 1.29 is 19.4 Å². The summed E-state index contributed by atoms with van der Waals surface area (Å²) in [5, 5.41) is 12.1. The minimum absolute atomic E-state index is 0.472. The number of nitrogens with two attached hydrogens (primary N) is 1. The van der Waals surface area contributed by atoms with Gasteiger partial charge in [0.15, 0.2) is 6.10 Å². The second-order valence-electron chi connectivity index (χ2n) is 5.24. The molecule has 106 valence electrons. The Morgan fingerprint density at radius 1 is 1.39 bits per heavy atom. The lowest BCUT2D eigenvalue weighted by atomic mass is 10.0. The van der Waals surface area contributed by atoms with Crippen LogP contribution in [0.4, 0.5) is 4.79 Å². The molecule has 0 radical (unpaired) electrons. The van der Waals surface area contributed by atoms with Crippen LogP contribution in [0.25, 0.3) is 0 Å². The summed E-state index contributed by atoms with van der Waals surface area (Å²) in [4.78, 5) is 22.5. The molecular weight excluding hydrogens is 236 g/mol. The maximum absolute atomic E-state index is 11.6. The van der Waals surface area contributed by atoms with Gasteiger partial charge in [0.2, 0.25) is 5.91 Å². The third kappa shape index (κ3) is 7.11. The lowest BCUT2D eigenvalue weighted by Crippen LogP contribution is -2.50. The molecule has 0 saturated carbocycles. The molecule has 6 nitrogen and oxygen atoms in total. The lowest BCUT2D eigenvalue weighted by Gasteiger charge is -2.25. The number of carbonyl (C=O) groups excluding carboxylic acids is 2. The molecule has 0 heterocycles. The van der Waals surface area contributed by atoms with E-state index in [2.05, 4.69) is 5.32 Å². The van der Waals surface area contributed by atoms with E-state index in [-0.39, 0.29) is 0 Å². The molecule has 2 unspecified atom stereocenters. The van der Waals surface area contributed by atoms with Crippen molar-refractivity contribution in [3.8, 4) is 0 Å². The normalized spacial score (nSPS) is 14.7. The number of unbranched alkanes of at least 4 members (excludes halogenated alkanes) is 1. The van der Waals surface area contributed by atoms with E-state index in [0.29, 0.717) is 6.42 Å². The minimum atomic E-state index is -1.40. The number of hydrogen-bond donors (Lipinski definition) is 3. The molecule has 0 saturated heterocycles. The highest BCUT2D eigenvalue weighted by Gasteiger charge is 2.27. The quantitative estimate of drug-likeness (QED) is 0.660. The Morgan fingerprint density at radius 2 is 1.94 bits per heavy atom. The van der Waals surface area contributed by atoms with Gasteiger partial charge < -0.3 is 20.9 Å². The SMILES string of the molecule is CCCCC(NC(=O)OC(C)(C)C)C(O)C(N)=O. The third-order valence-corrected chi connectivity index (χ3v) is 2.24. The number of carbonyl (C=O) groups is 2. The molecule has 0 aliphatic carbocycles. The number of primary amides is 1. The van der Waals surface area contributed by atoms with E-state index >= 15 is 0 Å². The first-order chi connectivity index (χ1) is 8.17. The molecule has 0 rings (SSSR count). The Balaban J connectivity index is 4.49. The molecule has 2 amide bonds. The van der Waals surface area contributed by atoms with Crippen LogP contribution in [0.15, 0.2) is 0 Å². The Hall–Kier alpha value is -1.30. The van der Waals surface area contributed by atoms with E-state index in [1.807, 2.05) is 6.92 Å². The minimum Gasteiger partial charge on any atom is -0.444 e. The summed E-state index contributed by atoms with van der Waals surface area (Å²) in [6, 6.07) is -0.711. The topological polar surface area (TPSA) is 102 Å². The van der Waals surface area contributed by atoms with Gasteiger partial charge in [-0.15, -0.1) is 0 Å². The van der Waals surface area contributed by atoms with Crippen LogP contribution >= 0.6 is 0 Å². The Bertz CT molecular complexity index is 286. The maximum Gasteiger partial charge on any atom is 0.407 e. The van der Waals surface area contributed by atoms with E-state index in [1.54, 1.807) is 20.8 Å². The van der Waals surface area contributed by atoms with Crippen LogP contribution in [-0.2, 0) is 9.53 Å². The van der Waals surface area contributed by atoms with Gasteiger partial charge in [-0.05, 0) is 27.2 Å². The van der Waals surface area contributed by atoms with Crippen molar-refractivity contribution >= 4 is 12.0 Å². The summed E-state index contributed by atoms with van der Waals surface area (Å²) in [5.41, 5.74) is 4.40. The second-order valence-corrected chi connectivity index (χ2v) is 5.24. The lowest BCUT2D eigenvalue weighted by molar-refractivity contribution is -0.127. The van der Waals surface area contributed by atoms with Crippen LogP contribution in [0, 0.1) is 0 Å². The van der Waals surface area contributed by atoms with Gasteiger partial charge in [-0.1, -0.05) is 19.8 Å². The van der Waals surface area contributed by atoms with Crippen LogP contribution in [0.3, 0.4) is 0 Å². The molecule has 0 aromatic carbocycles. The third-order valence-electron chi connectivity index (χ3n) is 2.24. The number of nitrogens with one attached hydrogen (secondary N) is 1. The zero-order chi connectivity index (χ0) is 14.3. The Kier molecular flexibility index (Phi) is 6.68. The Labute approximate surface area is 108 Å². The fourth-order valence-electron chi connectivity index (χ4n) is 1.39. The van der Waals surface area contributed by atoms with Gasteiger partial charge in [0, 0.05) is 0 Å². The van der Waals surface area contributed by atoms with Gasteiger partial charge in [-0.2, -0.15) is 0 Å². The highest BCUT2D eigenvalue weighted by Crippen LogP contribution is 2.09. The van der Waals surface area contributed by atoms with Gasteiger partial charge in [-0.3, -0.25) is 4.79 Å². The van der Waals surface area contributed by atoms with Crippen LogP contribution in [0.2, 0.25) is 0 Å². The number of ether oxygens (including phenoxy) is 1. The van der Waals surface area contributed by atoms with Crippen molar-refractivity contribution in [2.24, 2.45) is 5.73 Å². The number of alkyl carbamates (subject to hydrolysis) is 1. The number of aliphatic hydroxyl groups excluding tert-OH is 1. The summed E-state index contributed by atoms with van der Waals surface area (Å²) in [5.74, 6) is -0.854. The smallest absolute Gasteiger partial charge is 0.407 e. The molecule has 0 aromatic heterocycles. The number of amides is 2. The number of aliphatic hydroxyl groups is 1. The van der Waals surface area contributed by atoms with Crippen molar-refractivity contribution in [2.45, 2.75) is 64.7 Å². The number of rotatable bonds is 6.